The first-order chi connectivity index (χ1) is 9.19. The van der Waals surface area contributed by atoms with E-state index in [1.54, 1.807) is 0 Å². The number of rotatable bonds is 4. The Morgan fingerprint density at radius 3 is 2.21 bits per heavy atom. The lowest BCUT2D eigenvalue weighted by molar-refractivity contribution is 0.102. The van der Waals surface area contributed by atoms with Crippen LogP contribution in [0.2, 0.25) is 0 Å². The van der Waals surface area contributed by atoms with Gasteiger partial charge < -0.3 is 10.6 Å². The molecule has 0 atom stereocenters. The molecule has 0 radical (unpaired) electrons. The molecule has 2 rings (SSSR count). The average Bonchev–Trinajstić information content (AvgIpc) is 2.42. The second-order valence-electron chi connectivity index (χ2n) is 4.55. The molecule has 0 saturated heterocycles. The van der Waals surface area contributed by atoms with Gasteiger partial charge in [-0.2, -0.15) is 0 Å². The molecule has 0 aliphatic carbocycles. The Morgan fingerprint density at radius 1 is 1.00 bits per heavy atom. The molecule has 0 heterocycles. The first-order valence-electron chi connectivity index (χ1n) is 6.30. The number of benzene rings is 2. The van der Waals surface area contributed by atoms with Crippen molar-refractivity contribution in [3.05, 3.63) is 65.2 Å². The average molecular weight is 254 g/mol. The van der Waals surface area contributed by atoms with Gasteiger partial charge in [0.15, 0.2) is 0 Å². The summed E-state index contributed by atoms with van der Waals surface area (Å²) >= 11 is 0. The van der Waals surface area contributed by atoms with E-state index < -0.39 is 0 Å². The van der Waals surface area contributed by atoms with Gasteiger partial charge in [0.25, 0.3) is 5.91 Å². The number of carbonyl (C=O) groups is 1. The largest absolute Gasteiger partial charge is 0.322 e. The normalized spacial score (nSPS) is 10.2. The van der Waals surface area contributed by atoms with E-state index in [9.17, 15) is 4.79 Å². The predicted molar refractivity (Wildman–Crippen MR) is 78.3 cm³/mol. The van der Waals surface area contributed by atoms with Gasteiger partial charge in [0, 0.05) is 17.8 Å². The molecule has 2 aromatic carbocycles. The van der Waals surface area contributed by atoms with Crippen molar-refractivity contribution in [1.29, 1.82) is 0 Å². The molecule has 3 nitrogen and oxygen atoms in total. The molecule has 0 saturated carbocycles. The molecular weight excluding hydrogens is 236 g/mol. The predicted octanol–water partition coefficient (Wildman–Crippen LogP) is 2.97. The Bertz CT molecular complexity index is 544. The van der Waals surface area contributed by atoms with Crippen molar-refractivity contribution >= 4 is 11.6 Å². The van der Waals surface area contributed by atoms with Crippen molar-refractivity contribution < 1.29 is 4.79 Å². The monoisotopic (exact) mass is 254 g/mol. The highest BCUT2D eigenvalue weighted by molar-refractivity contribution is 6.04. The maximum absolute atomic E-state index is 12.0. The van der Waals surface area contributed by atoms with E-state index in [1.165, 1.54) is 5.56 Å². The lowest BCUT2D eigenvalue weighted by Crippen LogP contribution is -2.12. The number of hydrogen-bond donors (Lipinski definition) is 2. The third kappa shape index (κ3) is 3.66. The summed E-state index contributed by atoms with van der Waals surface area (Å²) in [5, 5.41) is 5.98. The molecule has 2 N–H and O–H groups in total. The van der Waals surface area contributed by atoms with Crippen LogP contribution < -0.4 is 10.6 Å². The second kappa shape index (κ2) is 6.16. The van der Waals surface area contributed by atoms with Gasteiger partial charge in [0.1, 0.15) is 0 Å². The summed E-state index contributed by atoms with van der Waals surface area (Å²) in [4.78, 5) is 12.0. The zero-order chi connectivity index (χ0) is 13.7. The summed E-state index contributed by atoms with van der Waals surface area (Å²) in [6, 6.07) is 15.4. The third-order valence-corrected chi connectivity index (χ3v) is 2.91. The highest BCUT2D eigenvalue weighted by Crippen LogP contribution is 2.12. The van der Waals surface area contributed by atoms with Crippen molar-refractivity contribution in [2.75, 3.05) is 12.4 Å². The highest BCUT2D eigenvalue weighted by atomic mass is 16.1. The minimum absolute atomic E-state index is 0.0821. The summed E-state index contributed by atoms with van der Waals surface area (Å²) in [6.45, 7) is 2.83. The Morgan fingerprint density at radius 2 is 1.63 bits per heavy atom. The van der Waals surface area contributed by atoms with Crippen LogP contribution in [0.1, 0.15) is 21.5 Å². The molecule has 98 valence electrons. The Balaban J connectivity index is 2.04. The molecule has 0 fully saturated rings. The second-order valence-corrected chi connectivity index (χ2v) is 4.55. The molecule has 1 amide bonds. The summed E-state index contributed by atoms with van der Waals surface area (Å²) in [5.74, 6) is -0.0821. The summed E-state index contributed by atoms with van der Waals surface area (Å²) < 4.78 is 0. The third-order valence-electron chi connectivity index (χ3n) is 2.91. The fourth-order valence-corrected chi connectivity index (χ4v) is 1.82. The fourth-order valence-electron chi connectivity index (χ4n) is 1.82. The van der Waals surface area contributed by atoms with Crippen molar-refractivity contribution in [1.82, 2.24) is 5.32 Å². The summed E-state index contributed by atoms with van der Waals surface area (Å²) in [7, 11) is 1.91. The van der Waals surface area contributed by atoms with Gasteiger partial charge >= 0.3 is 0 Å². The van der Waals surface area contributed by atoms with Crippen LogP contribution in [0.4, 0.5) is 5.69 Å². The topological polar surface area (TPSA) is 41.1 Å². The SMILES string of the molecule is CNCc1ccc(NC(=O)c2ccc(C)cc2)cc1. The van der Waals surface area contributed by atoms with E-state index in [1.807, 2.05) is 62.5 Å². The van der Waals surface area contributed by atoms with E-state index in [0.717, 1.165) is 17.8 Å². The molecular formula is C16H18N2O. The van der Waals surface area contributed by atoms with Crippen LogP contribution >= 0.6 is 0 Å². The van der Waals surface area contributed by atoms with E-state index in [0.29, 0.717) is 5.56 Å². The quantitative estimate of drug-likeness (QED) is 0.880. The van der Waals surface area contributed by atoms with Crippen molar-refractivity contribution in [2.24, 2.45) is 0 Å². The maximum atomic E-state index is 12.0. The van der Waals surface area contributed by atoms with Gasteiger partial charge in [0.2, 0.25) is 0 Å². The van der Waals surface area contributed by atoms with Crippen molar-refractivity contribution in [2.45, 2.75) is 13.5 Å². The van der Waals surface area contributed by atoms with Gasteiger partial charge in [-0.15, -0.1) is 0 Å². The zero-order valence-electron chi connectivity index (χ0n) is 11.2. The lowest BCUT2D eigenvalue weighted by Gasteiger charge is -2.07. The van der Waals surface area contributed by atoms with E-state index in [-0.39, 0.29) is 5.91 Å². The number of aryl methyl sites for hydroxylation is 1. The Labute approximate surface area is 113 Å². The molecule has 0 spiro atoms. The maximum Gasteiger partial charge on any atom is 0.255 e. The van der Waals surface area contributed by atoms with Crippen LogP contribution in [0.15, 0.2) is 48.5 Å². The molecule has 0 unspecified atom stereocenters. The van der Waals surface area contributed by atoms with Crippen LogP contribution in [0.25, 0.3) is 0 Å². The number of hydrogen-bond acceptors (Lipinski definition) is 2. The minimum Gasteiger partial charge on any atom is -0.322 e. The molecule has 3 heteroatoms. The molecule has 0 aromatic heterocycles. The molecule has 0 aliphatic rings. The Kier molecular flexibility index (Phi) is 4.31. The van der Waals surface area contributed by atoms with Gasteiger partial charge in [0.05, 0.1) is 0 Å². The van der Waals surface area contributed by atoms with E-state index >= 15 is 0 Å². The smallest absolute Gasteiger partial charge is 0.255 e. The molecule has 2 aromatic rings. The summed E-state index contributed by atoms with van der Waals surface area (Å²) in [6.07, 6.45) is 0. The number of anilines is 1. The first kappa shape index (κ1) is 13.3. The molecule has 19 heavy (non-hydrogen) atoms. The lowest BCUT2D eigenvalue weighted by atomic mass is 10.1. The van der Waals surface area contributed by atoms with Crippen LogP contribution in [-0.4, -0.2) is 13.0 Å². The molecule has 0 aliphatic heterocycles. The van der Waals surface area contributed by atoms with Crippen LogP contribution in [-0.2, 0) is 6.54 Å². The van der Waals surface area contributed by atoms with Gasteiger partial charge in [-0.3, -0.25) is 4.79 Å². The van der Waals surface area contributed by atoms with Gasteiger partial charge in [-0.05, 0) is 43.8 Å². The van der Waals surface area contributed by atoms with Gasteiger partial charge in [-0.1, -0.05) is 29.8 Å². The molecule has 0 bridgehead atoms. The van der Waals surface area contributed by atoms with Crippen molar-refractivity contribution in [3.8, 4) is 0 Å². The van der Waals surface area contributed by atoms with Gasteiger partial charge in [-0.25, -0.2) is 0 Å². The van der Waals surface area contributed by atoms with Crippen LogP contribution in [0.3, 0.4) is 0 Å². The zero-order valence-corrected chi connectivity index (χ0v) is 11.2. The van der Waals surface area contributed by atoms with Crippen molar-refractivity contribution in [3.63, 3.8) is 0 Å². The minimum atomic E-state index is -0.0821. The number of amides is 1. The number of carbonyl (C=O) groups excluding carboxylic acids is 1. The number of nitrogens with one attached hydrogen (secondary N) is 2. The van der Waals surface area contributed by atoms with Crippen LogP contribution in [0.5, 0.6) is 0 Å². The van der Waals surface area contributed by atoms with E-state index in [4.69, 9.17) is 0 Å². The Hall–Kier alpha value is -2.13. The van der Waals surface area contributed by atoms with Crippen LogP contribution in [0, 0.1) is 6.92 Å². The summed E-state index contributed by atoms with van der Waals surface area (Å²) in [5.41, 5.74) is 3.82. The van der Waals surface area contributed by atoms with E-state index in [2.05, 4.69) is 10.6 Å². The fraction of sp³-hybridized carbons (Fsp3) is 0.188. The standard InChI is InChI=1S/C16H18N2O/c1-12-3-7-14(8-4-12)16(19)18-15-9-5-13(6-10-15)11-17-2/h3-10,17H,11H2,1-2H3,(H,18,19). The highest BCUT2D eigenvalue weighted by Gasteiger charge is 2.05. The first-order valence-corrected chi connectivity index (χ1v) is 6.30.